The number of alkyl halides is 3. The number of rotatable bonds is 2. The number of aryl methyl sites for hydroxylation is 1. The summed E-state index contributed by atoms with van der Waals surface area (Å²) in [5, 5.41) is 12.5. The fraction of sp³-hybridized carbons (Fsp3) is 0.727. The third kappa shape index (κ3) is 3.09. The number of halogens is 3. The SMILES string of the molecule is Cc1n[nH]nc1C(=O)N[C@H]1CC[C@H](C(F)(F)F)N(C)C1. The number of piperidine rings is 1. The summed E-state index contributed by atoms with van der Waals surface area (Å²) in [6.45, 7) is 1.79. The lowest BCUT2D eigenvalue weighted by Crippen LogP contribution is -2.54. The second-order valence-corrected chi connectivity index (χ2v) is 5.00. The Morgan fingerprint density at radius 3 is 2.60 bits per heavy atom. The summed E-state index contributed by atoms with van der Waals surface area (Å²) in [5.41, 5.74) is 0.630. The van der Waals surface area contributed by atoms with E-state index >= 15 is 0 Å². The summed E-state index contributed by atoms with van der Waals surface area (Å²) in [5.74, 6) is -0.417. The topological polar surface area (TPSA) is 73.9 Å². The van der Waals surface area contributed by atoms with Gasteiger partial charge in [0.1, 0.15) is 6.04 Å². The van der Waals surface area contributed by atoms with Gasteiger partial charge in [-0.15, -0.1) is 0 Å². The maximum Gasteiger partial charge on any atom is 0.404 e. The summed E-state index contributed by atoms with van der Waals surface area (Å²) in [4.78, 5) is 13.1. The first-order valence-corrected chi connectivity index (χ1v) is 6.24. The maximum absolute atomic E-state index is 12.7. The van der Waals surface area contributed by atoms with Crippen molar-refractivity contribution in [2.45, 2.75) is 38.0 Å². The van der Waals surface area contributed by atoms with Crippen LogP contribution in [-0.2, 0) is 0 Å². The molecule has 1 saturated heterocycles. The van der Waals surface area contributed by atoms with Crippen molar-refractivity contribution in [3.63, 3.8) is 0 Å². The van der Waals surface area contributed by atoms with E-state index in [0.717, 1.165) is 0 Å². The van der Waals surface area contributed by atoms with E-state index in [2.05, 4.69) is 20.7 Å². The van der Waals surface area contributed by atoms with Crippen LogP contribution in [0.4, 0.5) is 13.2 Å². The highest BCUT2D eigenvalue weighted by atomic mass is 19.4. The number of hydrogen-bond donors (Lipinski definition) is 2. The highest BCUT2D eigenvalue weighted by molar-refractivity contribution is 5.93. The van der Waals surface area contributed by atoms with Crippen molar-refractivity contribution >= 4 is 5.91 Å². The third-order valence-electron chi connectivity index (χ3n) is 3.48. The van der Waals surface area contributed by atoms with Gasteiger partial charge in [0.25, 0.3) is 5.91 Å². The van der Waals surface area contributed by atoms with Crippen molar-refractivity contribution in [1.29, 1.82) is 0 Å². The van der Waals surface area contributed by atoms with Gasteiger partial charge in [-0.1, -0.05) is 0 Å². The summed E-state index contributed by atoms with van der Waals surface area (Å²) in [7, 11) is 1.41. The molecule has 2 atom stereocenters. The molecular formula is C11H16F3N5O. The molecule has 1 aromatic rings. The number of likely N-dealkylation sites (N-methyl/N-ethyl adjacent to an activating group) is 1. The summed E-state index contributed by atoms with van der Waals surface area (Å²) < 4.78 is 38.1. The fourth-order valence-corrected chi connectivity index (χ4v) is 2.43. The molecule has 0 radical (unpaired) electrons. The molecule has 6 nitrogen and oxygen atoms in total. The molecule has 2 rings (SSSR count). The lowest BCUT2D eigenvalue weighted by molar-refractivity contribution is -0.188. The average Bonchev–Trinajstić information content (AvgIpc) is 2.73. The molecule has 1 aromatic heterocycles. The first-order valence-electron chi connectivity index (χ1n) is 6.24. The second kappa shape index (κ2) is 5.39. The second-order valence-electron chi connectivity index (χ2n) is 5.00. The van der Waals surface area contributed by atoms with Crippen molar-refractivity contribution in [3.05, 3.63) is 11.4 Å². The minimum Gasteiger partial charge on any atom is -0.347 e. The first-order chi connectivity index (χ1) is 9.29. The molecule has 1 aliphatic heterocycles. The van der Waals surface area contributed by atoms with E-state index in [1.54, 1.807) is 6.92 Å². The molecule has 1 amide bonds. The zero-order valence-corrected chi connectivity index (χ0v) is 11.2. The number of aromatic nitrogens is 3. The van der Waals surface area contributed by atoms with Crippen LogP contribution in [0.2, 0.25) is 0 Å². The van der Waals surface area contributed by atoms with Gasteiger partial charge in [-0.25, -0.2) is 0 Å². The van der Waals surface area contributed by atoms with Crippen molar-refractivity contribution in [2.24, 2.45) is 0 Å². The number of amides is 1. The fourth-order valence-electron chi connectivity index (χ4n) is 2.43. The Hall–Kier alpha value is -1.64. The lowest BCUT2D eigenvalue weighted by Gasteiger charge is -2.38. The largest absolute Gasteiger partial charge is 0.404 e. The van der Waals surface area contributed by atoms with E-state index < -0.39 is 18.1 Å². The van der Waals surface area contributed by atoms with Crippen LogP contribution in [0.3, 0.4) is 0 Å². The molecule has 112 valence electrons. The van der Waals surface area contributed by atoms with Crippen LogP contribution in [0.15, 0.2) is 0 Å². The van der Waals surface area contributed by atoms with Crippen LogP contribution in [0.5, 0.6) is 0 Å². The molecule has 1 fully saturated rings. The van der Waals surface area contributed by atoms with E-state index in [-0.39, 0.29) is 31.1 Å². The van der Waals surface area contributed by atoms with E-state index in [1.807, 2.05) is 0 Å². The molecule has 0 unspecified atom stereocenters. The Morgan fingerprint density at radius 2 is 2.10 bits per heavy atom. The molecule has 2 N–H and O–H groups in total. The Kier molecular flexibility index (Phi) is 3.98. The first kappa shape index (κ1) is 14.8. The molecule has 20 heavy (non-hydrogen) atoms. The Bertz CT molecular complexity index is 487. The number of nitrogens with one attached hydrogen (secondary N) is 2. The number of carbonyl (C=O) groups is 1. The monoisotopic (exact) mass is 291 g/mol. The lowest BCUT2D eigenvalue weighted by atomic mass is 9.98. The van der Waals surface area contributed by atoms with Gasteiger partial charge in [0, 0.05) is 12.6 Å². The Labute approximate surface area is 113 Å². The Balaban J connectivity index is 1.94. The predicted molar refractivity (Wildman–Crippen MR) is 64.1 cm³/mol. The van der Waals surface area contributed by atoms with Gasteiger partial charge in [0.2, 0.25) is 0 Å². The third-order valence-corrected chi connectivity index (χ3v) is 3.48. The average molecular weight is 291 g/mol. The van der Waals surface area contributed by atoms with Gasteiger partial charge in [-0.3, -0.25) is 9.69 Å². The maximum atomic E-state index is 12.7. The van der Waals surface area contributed by atoms with Crippen LogP contribution < -0.4 is 5.32 Å². The van der Waals surface area contributed by atoms with Gasteiger partial charge >= 0.3 is 6.18 Å². The summed E-state index contributed by atoms with van der Waals surface area (Å²) >= 11 is 0. The van der Waals surface area contributed by atoms with Crippen molar-refractivity contribution in [1.82, 2.24) is 25.6 Å². The van der Waals surface area contributed by atoms with E-state index in [9.17, 15) is 18.0 Å². The quantitative estimate of drug-likeness (QED) is 0.848. The standard InChI is InChI=1S/C11H16F3N5O/c1-6-9(17-18-16-6)10(20)15-7-3-4-8(11(12,13)14)19(2)5-7/h7-8H,3-5H2,1-2H3,(H,15,20)(H,16,17,18)/t7-,8+/m0/s1. The van der Waals surface area contributed by atoms with Crippen molar-refractivity contribution in [3.8, 4) is 0 Å². The minimum atomic E-state index is -4.23. The van der Waals surface area contributed by atoms with Crippen LogP contribution in [0, 0.1) is 6.92 Å². The molecule has 0 saturated carbocycles. The molecule has 1 aliphatic rings. The minimum absolute atomic E-state index is 0.0251. The van der Waals surface area contributed by atoms with Crippen LogP contribution in [-0.4, -0.2) is 58.1 Å². The predicted octanol–water partition coefficient (Wildman–Crippen LogP) is 0.868. The van der Waals surface area contributed by atoms with Crippen molar-refractivity contribution in [2.75, 3.05) is 13.6 Å². The van der Waals surface area contributed by atoms with E-state index in [0.29, 0.717) is 5.69 Å². The van der Waals surface area contributed by atoms with Crippen LogP contribution >= 0.6 is 0 Å². The van der Waals surface area contributed by atoms with Crippen LogP contribution in [0.25, 0.3) is 0 Å². The molecule has 2 heterocycles. The molecule has 0 aliphatic carbocycles. The summed E-state index contributed by atoms with van der Waals surface area (Å²) in [6, 6.07) is -1.76. The summed E-state index contributed by atoms with van der Waals surface area (Å²) in [6.07, 6.45) is -3.97. The van der Waals surface area contributed by atoms with Gasteiger partial charge in [0.05, 0.1) is 5.69 Å². The van der Waals surface area contributed by atoms with Crippen molar-refractivity contribution < 1.29 is 18.0 Å². The Morgan fingerprint density at radius 1 is 1.40 bits per heavy atom. The smallest absolute Gasteiger partial charge is 0.347 e. The molecule has 9 heteroatoms. The van der Waals surface area contributed by atoms with Gasteiger partial charge < -0.3 is 5.32 Å². The van der Waals surface area contributed by atoms with Crippen LogP contribution in [0.1, 0.15) is 29.0 Å². The number of likely N-dealkylation sites (tertiary alicyclic amines) is 1. The highest BCUT2D eigenvalue weighted by Crippen LogP contribution is 2.30. The molecule has 0 aromatic carbocycles. The highest BCUT2D eigenvalue weighted by Gasteiger charge is 2.44. The number of H-pyrrole nitrogens is 1. The van der Waals surface area contributed by atoms with Gasteiger partial charge in [-0.2, -0.15) is 28.6 Å². The zero-order valence-electron chi connectivity index (χ0n) is 11.2. The molecule has 0 spiro atoms. The van der Waals surface area contributed by atoms with Gasteiger partial charge in [-0.05, 0) is 26.8 Å². The van der Waals surface area contributed by atoms with E-state index in [4.69, 9.17) is 0 Å². The number of hydrogen-bond acceptors (Lipinski definition) is 4. The number of nitrogens with zero attached hydrogens (tertiary/aromatic N) is 3. The zero-order chi connectivity index (χ0) is 14.9. The number of carbonyl (C=O) groups excluding carboxylic acids is 1. The molecular weight excluding hydrogens is 275 g/mol. The number of aromatic amines is 1. The van der Waals surface area contributed by atoms with Gasteiger partial charge in [0.15, 0.2) is 5.69 Å². The molecule has 0 bridgehead atoms. The normalized spacial score (nSPS) is 24.6. The van der Waals surface area contributed by atoms with E-state index in [1.165, 1.54) is 11.9 Å².